The van der Waals surface area contributed by atoms with Gasteiger partial charge < -0.3 is 10.2 Å². The summed E-state index contributed by atoms with van der Waals surface area (Å²) in [5, 5.41) is 0. The number of nitrogens with two attached hydrogens (primary N) is 1. The second kappa shape index (κ2) is 5.81. The van der Waals surface area contributed by atoms with Crippen molar-refractivity contribution in [1.29, 1.82) is 0 Å². The van der Waals surface area contributed by atoms with Gasteiger partial charge in [-0.2, -0.15) is 0 Å². The summed E-state index contributed by atoms with van der Waals surface area (Å²) in [7, 11) is 0. The Morgan fingerprint density at radius 3 is 2.65 bits per heavy atom. The number of rotatable bonds is 4. The molecule has 1 aromatic heterocycles. The van der Waals surface area contributed by atoms with Gasteiger partial charge in [-0.1, -0.05) is 30.3 Å². The zero-order chi connectivity index (χ0) is 13.9. The van der Waals surface area contributed by atoms with E-state index in [0.717, 1.165) is 18.8 Å². The quantitative estimate of drug-likeness (QED) is 0.928. The Kier molecular flexibility index (Phi) is 3.90. The van der Waals surface area contributed by atoms with E-state index in [0.29, 0.717) is 5.92 Å². The van der Waals surface area contributed by atoms with Crippen molar-refractivity contribution in [2.75, 3.05) is 13.1 Å². The highest BCUT2D eigenvalue weighted by Crippen LogP contribution is 2.34. The van der Waals surface area contributed by atoms with Crippen LogP contribution in [0.1, 0.15) is 36.6 Å². The molecule has 3 atom stereocenters. The minimum absolute atomic E-state index is 0.0654. The molecule has 1 fully saturated rings. The molecular weight excluding hydrogens is 248 g/mol. The third-order valence-electron chi connectivity index (χ3n) is 4.22. The van der Waals surface area contributed by atoms with Gasteiger partial charge in [-0.3, -0.25) is 4.90 Å². The standard InChI is InChI=1S/C17H22N2O/c1-13(18)17(16-8-5-11-20-16)19-10-9-15(12-19)14-6-3-2-4-7-14/h2-8,11,13,15,17H,9-10,12,18H2,1H3. The SMILES string of the molecule is CC(N)C(c1ccco1)N1CCC(c2ccccc2)C1. The monoisotopic (exact) mass is 270 g/mol. The summed E-state index contributed by atoms with van der Waals surface area (Å²) >= 11 is 0. The first-order valence-electron chi connectivity index (χ1n) is 7.33. The third kappa shape index (κ3) is 2.65. The van der Waals surface area contributed by atoms with Crippen LogP contribution in [0, 0.1) is 0 Å². The van der Waals surface area contributed by atoms with E-state index in [1.807, 2.05) is 12.1 Å². The van der Waals surface area contributed by atoms with E-state index >= 15 is 0 Å². The Hall–Kier alpha value is -1.58. The van der Waals surface area contributed by atoms with Gasteiger partial charge in [0, 0.05) is 12.6 Å². The fourth-order valence-electron chi connectivity index (χ4n) is 3.27. The average Bonchev–Trinajstić information content (AvgIpc) is 3.12. The maximum absolute atomic E-state index is 6.19. The summed E-state index contributed by atoms with van der Waals surface area (Å²) in [4.78, 5) is 2.46. The van der Waals surface area contributed by atoms with E-state index in [1.54, 1.807) is 6.26 Å². The van der Waals surface area contributed by atoms with Crippen molar-refractivity contribution in [3.8, 4) is 0 Å². The molecule has 0 bridgehead atoms. The van der Waals surface area contributed by atoms with E-state index in [-0.39, 0.29) is 12.1 Å². The van der Waals surface area contributed by atoms with Crippen LogP contribution in [0.5, 0.6) is 0 Å². The molecule has 106 valence electrons. The molecule has 0 radical (unpaired) electrons. The molecule has 0 amide bonds. The molecule has 0 saturated carbocycles. The predicted molar refractivity (Wildman–Crippen MR) is 80.5 cm³/mol. The molecule has 2 aromatic rings. The lowest BCUT2D eigenvalue weighted by Crippen LogP contribution is -2.38. The second-order valence-corrected chi connectivity index (χ2v) is 5.71. The fraction of sp³-hybridized carbons (Fsp3) is 0.412. The van der Waals surface area contributed by atoms with Gasteiger partial charge in [0.15, 0.2) is 0 Å². The van der Waals surface area contributed by atoms with Gasteiger partial charge in [0.1, 0.15) is 5.76 Å². The third-order valence-corrected chi connectivity index (χ3v) is 4.22. The largest absolute Gasteiger partial charge is 0.468 e. The van der Waals surface area contributed by atoms with E-state index in [9.17, 15) is 0 Å². The molecule has 1 saturated heterocycles. The van der Waals surface area contributed by atoms with E-state index in [2.05, 4.69) is 42.2 Å². The van der Waals surface area contributed by atoms with Crippen LogP contribution < -0.4 is 5.73 Å². The second-order valence-electron chi connectivity index (χ2n) is 5.71. The number of nitrogens with zero attached hydrogens (tertiary/aromatic N) is 1. The van der Waals surface area contributed by atoms with Crippen LogP contribution in [0.2, 0.25) is 0 Å². The first kappa shape index (κ1) is 13.4. The number of furan rings is 1. The van der Waals surface area contributed by atoms with Crippen molar-refractivity contribution >= 4 is 0 Å². The Morgan fingerprint density at radius 2 is 2.00 bits per heavy atom. The molecule has 3 rings (SSSR count). The average molecular weight is 270 g/mol. The number of likely N-dealkylation sites (tertiary alicyclic amines) is 1. The topological polar surface area (TPSA) is 42.4 Å². The molecule has 20 heavy (non-hydrogen) atoms. The van der Waals surface area contributed by atoms with E-state index in [4.69, 9.17) is 10.2 Å². The van der Waals surface area contributed by atoms with E-state index < -0.39 is 0 Å². The van der Waals surface area contributed by atoms with Gasteiger partial charge in [0.2, 0.25) is 0 Å². The van der Waals surface area contributed by atoms with Crippen molar-refractivity contribution < 1.29 is 4.42 Å². The summed E-state index contributed by atoms with van der Waals surface area (Å²) in [5.74, 6) is 1.58. The molecule has 3 unspecified atom stereocenters. The molecule has 1 aliphatic heterocycles. The van der Waals surface area contributed by atoms with Crippen molar-refractivity contribution in [2.45, 2.75) is 31.3 Å². The van der Waals surface area contributed by atoms with Crippen LogP contribution in [0.15, 0.2) is 53.1 Å². The van der Waals surface area contributed by atoms with Crippen LogP contribution in [-0.2, 0) is 0 Å². The summed E-state index contributed by atoms with van der Waals surface area (Å²) in [6, 6.07) is 15.0. The number of hydrogen-bond acceptors (Lipinski definition) is 3. The summed E-state index contributed by atoms with van der Waals surface area (Å²) in [6.07, 6.45) is 2.92. The highest BCUT2D eigenvalue weighted by Gasteiger charge is 2.33. The molecule has 1 aromatic carbocycles. The fourth-order valence-corrected chi connectivity index (χ4v) is 3.27. The molecule has 2 N–H and O–H groups in total. The Balaban J connectivity index is 1.75. The van der Waals surface area contributed by atoms with Crippen LogP contribution >= 0.6 is 0 Å². The molecule has 0 spiro atoms. The van der Waals surface area contributed by atoms with Gasteiger partial charge in [-0.15, -0.1) is 0 Å². The Labute approximate surface area is 120 Å². The summed E-state index contributed by atoms with van der Waals surface area (Å²) in [5.41, 5.74) is 7.62. The molecule has 3 nitrogen and oxygen atoms in total. The van der Waals surface area contributed by atoms with Crippen molar-refractivity contribution in [3.05, 3.63) is 60.1 Å². The van der Waals surface area contributed by atoms with E-state index in [1.165, 1.54) is 12.0 Å². The van der Waals surface area contributed by atoms with Crippen LogP contribution in [0.4, 0.5) is 0 Å². The molecule has 1 aliphatic rings. The molecular formula is C17H22N2O. The van der Waals surface area contributed by atoms with Crippen molar-refractivity contribution in [1.82, 2.24) is 4.90 Å². The smallest absolute Gasteiger partial charge is 0.122 e. The maximum atomic E-state index is 6.19. The van der Waals surface area contributed by atoms with Gasteiger partial charge in [-0.25, -0.2) is 0 Å². The first-order valence-corrected chi connectivity index (χ1v) is 7.33. The predicted octanol–water partition coefficient (Wildman–Crippen LogP) is 3.16. The maximum Gasteiger partial charge on any atom is 0.122 e. The van der Waals surface area contributed by atoms with Gasteiger partial charge in [0.25, 0.3) is 0 Å². The zero-order valence-electron chi connectivity index (χ0n) is 11.9. The van der Waals surface area contributed by atoms with Crippen molar-refractivity contribution in [3.63, 3.8) is 0 Å². The van der Waals surface area contributed by atoms with Gasteiger partial charge >= 0.3 is 0 Å². The van der Waals surface area contributed by atoms with Gasteiger partial charge in [0.05, 0.1) is 12.3 Å². The molecule has 0 aliphatic carbocycles. The van der Waals surface area contributed by atoms with Crippen LogP contribution in [-0.4, -0.2) is 24.0 Å². The highest BCUT2D eigenvalue weighted by atomic mass is 16.3. The van der Waals surface area contributed by atoms with Gasteiger partial charge in [-0.05, 0) is 43.5 Å². The first-order chi connectivity index (χ1) is 9.75. The Morgan fingerprint density at radius 1 is 1.20 bits per heavy atom. The minimum atomic E-state index is 0.0654. The van der Waals surface area contributed by atoms with Crippen molar-refractivity contribution in [2.24, 2.45) is 5.73 Å². The molecule has 2 heterocycles. The van der Waals surface area contributed by atoms with Crippen LogP contribution in [0.3, 0.4) is 0 Å². The minimum Gasteiger partial charge on any atom is -0.468 e. The lowest BCUT2D eigenvalue weighted by atomic mass is 9.98. The molecule has 3 heteroatoms. The Bertz CT molecular complexity index is 521. The summed E-state index contributed by atoms with van der Waals surface area (Å²) < 4.78 is 5.59. The normalized spacial score (nSPS) is 22.8. The van der Waals surface area contributed by atoms with Crippen LogP contribution in [0.25, 0.3) is 0 Å². The lowest BCUT2D eigenvalue weighted by Gasteiger charge is -2.29. The number of benzene rings is 1. The highest BCUT2D eigenvalue weighted by molar-refractivity contribution is 5.21. The lowest BCUT2D eigenvalue weighted by molar-refractivity contribution is 0.189. The number of hydrogen-bond donors (Lipinski definition) is 1. The summed E-state index contributed by atoms with van der Waals surface area (Å²) in [6.45, 7) is 4.19. The zero-order valence-corrected chi connectivity index (χ0v) is 11.9.